The summed E-state index contributed by atoms with van der Waals surface area (Å²) in [6.45, 7) is 2.81. The lowest BCUT2D eigenvalue weighted by atomic mass is 10.1. The second-order valence-electron chi connectivity index (χ2n) is 7.15. The predicted molar refractivity (Wildman–Crippen MR) is 107 cm³/mol. The van der Waals surface area contributed by atoms with E-state index in [9.17, 15) is 22.8 Å². The Labute approximate surface area is 172 Å². The van der Waals surface area contributed by atoms with E-state index in [4.69, 9.17) is 4.74 Å². The van der Waals surface area contributed by atoms with E-state index in [1.54, 1.807) is 24.3 Å². The number of hydrogen-bond acceptors (Lipinski definition) is 3. The van der Waals surface area contributed by atoms with Gasteiger partial charge in [0, 0.05) is 30.0 Å². The monoisotopic (exact) mass is 420 g/mol. The van der Waals surface area contributed by atoms with Crippen LogP contribution in [-0.2, 0) is 17.3 Å². The molecule has 160 valence electrons. The highest BCUT2D eigenvalue weighted by atomic mass is 19.4. The Hall–Kier alpha value is -2.87. The molecular weight excluding hydrogens is 397 g/mol. The van der Waals surface area contributed by atoms with Crippen LogP contribution in [0.1, 0.15) is 51.6 Å². The minimum Gasteiger partial charge on any atom is -0.376 e. The summed E-state index contributed by atoms with van der Waals surface area (Å²) in [6.07, 6.45) is -2.31. The molecular formula is C22H23F3N2O3. The number of benzene rings is 2. The van der Waals surface area contributed by atoms with Crippen LogP contribution < -0.4 is 10.6 Å². The molecule has 1 fully saturated rings. The van der Waals surface area contributed by atoms with Gasteiger partial charge >= 0.3 is 6.18 Å². The fourth-order valence-corrected chi connectivity index (χ4v) is 3.20. The number of anilines is 1. The lowest BCUT2D eigenvalue weighted by molar-refractivity contribution is -0.137. The number of aryl methyl sites for hydroxylation is 1. The van der Waals surface area contributed by atoms with E-state index in [1.807, 2.05) is 6.92 Å². The third kappa shape index (κ3) is 5.60. The molecule has 2 N–H and O–H groups in total. The molecule has 3 rings (SSSR count). The van der Waals surface area contributed by atoms with Gasteiger partial charge in [-0.2, -0.15) is 13.2 Å². The van der Waals surface area contributed by atoms with Crippen LogP contribution in [0.4, 0.5) is 18.9 Å². The average molecular weight is 420 g/mol. The van der Waals surface area contributed by atoms with Crippen molar-refractivity contribution in [2.24, 2.45) is 0 Å². The van der Waals surface area contributed by atoms with Gasteiger partial charge in [-0.05, 0) is 55.2 Å². The summed E-state index contributed by atoms with van der Waals surface area (Å²) < 4.78 is 45.4. The number of halogens is 3. The van der Waals surface area contributed by atoms with Crippen LogP contribution in [0, 0.1) is 0 Å². The molecule has 0 aromatic heterocycles. The Bertz CT molecular complexity index is 905. The van der Waals surface area contributed by atoms with Crippen LogP contribution in [0.5, 0.6) is 0 Å². The Morgan fingerprint density at radius 3 is 2.40 bits per heavy atom. The smallest absolute Gasteiger partial charge is 0.376 e. The number of alkyl halides is 3. The number of carbonyl (C=O) groups is 2. The van der Waals surface area contributed by atoms with Gasteiger partial charge in [0.05, 0.1) is 11.7 Å². The summed E-state index contributed by atoms with van der Waals surface area (Å²) in [5.74, 6) is -1.21. The van der Waals surface area contributed by atoms with Gasteiger partial charge in [-0.15, -0.1) is 0 Å². The second kappa shape index (κ2) is 9.30. The Morgan fingerprint density at radius 1 is 1.07 bits per heavy atom. The zero-order valence-electron chi connectivity index (χ0n) is 16.5. The Morgan fingerprint density at radius 2 is 1.80 bits per heavy atom. The van der Waals surface area contributed by atoms with Gasteiger partial charge in [0.25, 0.3) is 11.8 Å². The van der Waals surface area contributed by atoms with Gasteiger partial charge in [0.2, 0.25) is 0 Å². The van der Waals surface area contributed by atoms with E-state index in [1.165, 1.54) is 6.07 Å². The zero-order chi connectivity index (χ0) is 21.7. The van der Waals surface area contributed by atoms with Crippen molar-refractivity contribution >= 4 is 17.5 Å². The predicted octanol–water partition coefficient (Wildman–Crippen LogP) is 4.43. The summed E-state index contributed by atoms with van der Waals surface area (Å²) >= 11 is 0. The first-order valence-corrected chi connectivity index (χ1v) is 9.78. The van der Waals surface area contributed by atoms with Crippen LogP contribution in [0.3, 0.4) is 0 Å². The summed E-state index contributed by atoms with van der Waals surface area (Å²) in [5, 5.41) is 5.06. The molecule has 5 nitrogen and oxygen atoms in total. The second-order valence-corrected chi connectivity index (χ2v) is 7.15. The van der Waals surface area contributed by atoms with Crippen LogP contribution in [0.15, 0.2) is 42.5 Å². The maximum absolute atomic E-state index is 13.3. The molecule has 1 saturated heterocycles. The van der Waals surface area contributed by atoms with E-state index >= 15 is 0 Å². The maximum Gasteiger partial charge on any atom is 0.416 e. The van der Waals surface area contributed by atoms with Crippen molar-refractivity contribution in [1.82, 2.24) is 5.32 Å². The molecule has 1 atom stereocenters. The summed E-state index contributed by atoms with van der Waals surface area (Å²) in [5.41, 5.74) is 0.0600. The Balaban J connectivity index is 1.79. The summed E-state index contributed by atoms with van der Waals surface area (Å²) in [7, 11) is 0. The Kier molecular flexibility index (Phi) is 6.77. The van der Waals surface area contributed by atoms with Crippen LogP contribution in [0.25, 0.3) is 0 Å². The molecule has 8 heteroatoms. The number of amides is 2. The number of carbonyl (C=O) groups excluding carboxylic acids is 2. The first-order valence-electron chi connectivity index (χ1n) is 9.78. The minimum absolute atomic E-state index is 0.100. The van der Waals surface area contributed by atoms with Gasteiger partial charge in [0.1, 0.15) is 0 Å². The van der Waals surface area contributed by atoms with E-state index in [0.29, 0.717) is 12.2 Å². The topological polar surface area (TPSA) is 67.4 Å². The first-order chi connectivity index (χ1) is 14.3. The van der Waals surface area contributed by atoms with Crippen molar-refractivity contribution in [3.63, 3.8) is 0 Å². The normalized spacial score (nSPS) is 16.3. The van der Waals surface area contributed by atoms with E-state index in [0.717, 1.165) is 37.0 Å². The van der Waals surface area contributed by atoms with E-state index in [-0.39, 0.29) is 23.9 Å². The molecule has 1 heterocycles. The zero-order valence-corrected chi connectivity index (χ0v) is 16.5. The third-order valence-electron chi connectivity index (χ3n) is 4.92. The number of ether oxygens (including phenoxy) is 1. The molecule has 0 radical (unpaired) electrons. The van der Waals surface area contributed by atoms with Crippen molar-refractivity contribution in [1.29, 1.82) is 0 Å². The van der Waals surface area contributed by atoms with Crippen LogP contribution >= 0.6 is 0 Å². The molecule has 0 saturated carbocycles. The average Bonchev–Trinajstić information content (AvgIpc) is 3.25. The largest absolute Gasteiger partial charge is 0.416 e. The van der Waals surface area contributed by atoms with Crippen molar-refractivity contribution in [2.75, 3.05) is 18.5 Å². The SMILES string of the molecule is CCc1ccc(C(=O)Nc2cc(C(=O)NCC3CCCO3)cc(C(F)(F)F)c2)cc1. The first kappa shape index (κ1) is 21.8. The molecule has 1 unspecified atom stereocenters. The van der Waals surface area contributed by atoms with Crippen molar-refractivity contribution in [3.8, 4) is 0 Å². The van der Waals surface area contributed by atoms with E-state index < -0.39 is 23.6 Å². The number of rotatable bonds is 6. The minimum atomic E-state index is -4.66. The van der Waals surface area contributed by atoms with Gasteiger partial charge in [0.15, 0.2) is 0 Å². The molecule has 0 bridgehead atoms. The van der Waals surface area contributed by atoms with Gasteiger partial charge in [-0.1, -0.05) is 19.1 Å². The fourth-order valence-electron chi connectivity index (χ4n) is 3.20. The third-order valence-corrected chi connectivity index (χ3v) is 4.92. The highest BCUT2D eigenvalue weighted by molar-refractivity contribution is 6.05. The molecule has 0 aliphatic carbocycles. The summed E-state index contributed by atoms with van der Waals surface area (Å²) in [4.78, 5) is 24.9. The summed E-state index contributed by atoms with van der Waals surface area (Å²) in [6, 6.07) is 9.61. The molecule has 2 amide bonds. The molecule has 1 aliphatic heterocycles. The van der Waals surface area contributed by atoms with Gasteiger partial charge in [-0.25, -0.2) is 0 Å². The number of hydrogen-bond donors (Lipinski definition) is 2. The standard InChI is InChI=1S/C22H23F3N2O3/c1-2-14-5-7-15(8-6-14)21(29)27-18-11-16(10-17(12-18)22(23,24)25)20(28)26-13-19-4-3-9-30-19/h5-8,10-12,19H,2-4,9,13H2,1H3,(H,26,28)(H,27,29). The lowest BCUT2D eigenvalue weighted by Crippen LogP contribution is -2.32. The fraction of sp³-hybridized carbons (Fsp3) is 0.364. The molecule has 0 spiro atoms. The highest BCUT2D eigenvalue weighted by Gasteiger charge is 2.32. The molecule has 1 aliphatic rings. The quantitative estimate of drug-likeness (QED) is 0.727. The van der Waals surface area contributed by atoms with Crippen molar-refractivity contribution < 1.29 is 27.5 Å². The molecule has 2 aromatic carbocycles. The lowest BCUT2D eigenvalue weighted by Gasteiger charge is -2.15. The van der Waals surface area contributed by atoms with Gasteiger partial charge < -0.3 is 15.4 Å². The number of nitrogens with one attached hydrogen (secondary N) is 2. The van der Waals surface area contributed by atoms with Crippen molar-refractivity contribution in [3.05, 3.63) is 64.7 Å². The van der Waals surface area contributed by atoms with E-state index in [2.05, 4.69) is 10.6 Å². The van der Waals surface area contributed by atoms with Crippen LogP contribution in [-0.4, -0.2) is 31.1 Å². The van der Waals surface area contributed by atoms with Crippen molar-refractivity contribution in [2.45, 2.75) is 38.5 Å². The molecule has 2 aromatic rings. The van der Waals surface area contributed by atoms with Gasteiger partial charge in [-0.3, -0.25) is 9.59 Å². The molecule has 30 heavy (non-hydrogen) atoms. The maximum atomic E-state index is 13.3. The van der Waals surface area contributed by atoms with Crippen LogP contribution in [0.2, 0.25) is 0 Å². The highest BCUT2D eigenvalue weighted by Crippen LogP contribution is 2.32.